The summed E-state index contributed by atoms with van der Waals surface area (Å²) in [6.07, 6.45) is 0. The smallest absolute Gasteiger partial charge is 0.223 e. The third-order valence-corrected chi connectivity index (χ3v) is 2.70. The van der Waals surface area contributed by atoms with Crippen LogP contribution in [0.1, 0.15) is 13.8 Å². The molecular formula is C12H15BrN2O2. The van der Waals surface area contributed by atoms with Crippen LogP contribution in [0.3, 0.4) is 0 Å². The molecule has 0 saturated heterocycles. The van der Waals surface area contributed by atoms with Crippen LogP contribution in [-0.4, -0.2) is 24.9 Å². The topological polar surface area (TPSA) is 49.4 Å². The van der Waals surface area contributed by atoms with Gasteiger partial charge in [0.1, 0.15) is 0 Å². The van der Waals surface area contributed by atoms with Gasteiger partial charge in [0.25, 0.3) is 0 Å². The Bertz CT molecular complexity index is 421. The number of nitrogens with one attached hydrogen (secondary N) is 1. The molecule has 0 unspecified atom stereocenters. The van der Waals surface area contributed by atoms with Gasteiger partial charge in [0.15, 0.2) is 0 Å². The summed E-state index contributed by atoms with van der Waals surface area (Å²) in [5.74, 6) is -0.142. The van der Waals surface area contributed by atoms with Crippen LogP contribution < -0.4 is 10.2 Å². The number of amides is 2. The largest absolute Gasteiger partial charge is 0.355 e. The van der Waals surface area contributed by atoms with Gasteiger partial charge in [-0.25, -0.2) is 0 Å². The number of hydrogen-bond acceptors (Lipinski definition) is 2. The summed E-state index contributed by atoms with van der Waals surface area (Å²) in [5.41, 5.74) is 0.817. The number of carbonyl (C=O) groups is 2. The zero-order valence-corrected chi connectivity index (χ0v) is 11.5. The molecule has 0 heterocycles. The van der Waals surface area contributed by atoms with Crippen molar-refractivity contribution in [3.05, 3.63) is 28.7 Å². The van der Waals surface area contributed by atoms with E-state index in [2.05, 4.69) is 21.2 Å². The lowest BCUT2D eigenvalue weighted by molar-refractivity contribution is -0.119. The van der Waals surface area contributed by atoms with Gasteiger partial charge in [-0.3, -0.25) is 9.59 Å². The van der Waals surface area contributed by atoms with E-state index in [9.17, 15) is 9.59 Å². The number of nitrogens with zero attached hydrogens (tertiary/aromatic N) is 1. The molecule has 2 amide bonds. The highest BCUT2D eigenvalue weighted by molar-refractivity contribution is 9.10. The van der Waals surface area contributed by atoms with Crippen LogP contribution in [0.5, 0.6) is 0 Å². The van der Waals surface area contributed by atoms with Crippen molar-refractivity contribution in [3.8, 4) is 0 Å². The standard InChI is InChI=1S/C12H15BrN2O2/c1-9(16)14-6-7-15(10(2)17)12-5-3-4-11(13)8-12/h3-5,8H,6-7H2,1-2H3,(H,14,16). The average molecular weight is 299 g/mol. The highest BCUT2D eigenvalue weighted by Gasteiger charge is 2.11. The highest BCUT2D eigenvalue weighted by Crippen LogP contribution is 2.19. The van der Waals surface area contributed by atoms with Gasteiger partial charge in [0, 0.05) is 37.1 Å². The van der Waals surface area contributed by atoms with E-state index in [1.165, 1.54) is 13.8 Å². The highest BCUT2D eigenvalue weighted by atomic mass is 79.9. The number of rotatable bonds is 4. The molecule has 1 rings (SSSR count). The van der Waals surface area contributed by atoms with Gasteiger partial charge in [0.05, 0.1) is 0 Å². The van der Waals surface area contributed by atoms with E-state index in [1.54, 1.807) is 4.90 Å². The van der Waals surface area contributed by atoms with Crippen molar-refractivity contribution in [1.29, 1.82) is 0 Å². The normalized spacial score (nSPS) is 9.82. The molecule has 1 aromatic rings. The third-order valence-electron chi connectivity index (χ3n) is 2.21. The summed E-state index contributed by atoms with van der Waals surface area (Å²) < 4.78 is 0.917. The molecule has 5 heteroatoms. The monoisotopic (exact) mass is 298 g/mol. The van der Waals surface area contributed by atoms with Crippen LogP contribution in [0.15, 0.2) is 28.7 Å². The second kappa shape index (κ2) is 6.39. The van der Waals surface area contributed by atoms with Gasteiger partial charge in [-0.2, -0.15) is 0 Å². The van der Waals surface area contributed by atoms with Gasteiger partial charge < -0.3 is 10.2 Å². The maximum absolute atomic E-state index is 11.5. The minimum atomic E-state index is -0.0947. The second-order valence-corrected chi connectivity index (χ2v) is 4.55. The predicted octanol–water partition coefficient (Wildman–Crippen LogP) is 1.94. The van der Waals surface area contributed by atoms with E-state index in [0.717, 1.165) is 10.2 Å². The van der Waals surface area contributed by atoms with Gasteiger partial charge in [-0.05, 0) is 18.2 Å². The van der Waals surface area contributed by atoms with Crippen molar-refractivity contribution in [2.75, 3.05) is 18.0 Å². The molecular weight excluding hydrogens is 284 g/mol. The lowest BCUT2D eigenvalue weighted by Crippen LogP contribution is -2.36. The van der Waals surface area contributed by atoms with E-state index in [0.29, 0.717) is 13.1 Å². The first-order valence-corrected chi connectivity index (χ1v) is 6.08. The summed E-state index contributed by atoms with van der Waals surface area (Å²) in [4.78, 5) is 23.9. The zero-order valence-electron chi connectivity index (χ0n) is 9.87. The third kappa shape index (κ3) is 4.56. The molecule has 0 saturated carbocycles. The van der Waals surface area contributed by atoms with E-state index < -0.39 is 0 Å². The Hall–Kier alpha value is -1.36. The number of benzene rings is 1. The molecule has 92 valence electrons. The Labute approximate surface area is 109 Å². The molecule has 1 aromatic carbocycles. The summed E-state index contributed by atoms with van der Waals surface area (Å²) in [6, 6.07) is 7.50. The SMILES string of the molecule is CC(=O)NCCN(C(C)=O)c1cccc(Br)c1. The van der Waals surface area contributed by atoms with Crippen molar-refractivity contribution in [1.82, 2.24) is 5.32 Å². The lowest BCUT2D eigenvalue weighted by atomic mass is 10.3. The number of carbonyl (C=O) groups excluding carboxylic acids is 2. The minimum Gasteiger partial charge on any atom is -0.355 e. The van der Waals surface area contributed by atoms with Crippen molar-refractivity contribution in [2.45, 2.75) is 13.8 Å². The van der Waals surface area contributed by atoms with Crippen LogP contribution in [0.4, 0.5) is 5.69 Å². The van der Waals surface area contributed by atoms with Gasteiger partial charge in [0.2, 0.25) is 11.8 Å². The molecule has 0 aromatic heterocycles. The van der Waals surface area contributed by atoms with Crippen LogP contribution in [0.2, 0.25) is 0 Å². The summed E-state index contributed by atoms with van der Waals surface area (Å²) in [5, 5.41) is 2.67. The fraction of sp³-hybridized carbons (Fsp3) is 0.333. The van der Waals surface area contributed by atoms with Crippen molar-refractivity contribution in [3.63, 3.8) is 0 Å². The fourth-order valence-electron chi connectivity index (χ4n) is 1.46. The van der Waals surface area contributed by atoms with Crippen LogP contribution in [0.25, 0.3) is 0 Å². The molecule has 0 aliphatic heterocycles. The molecule has 0 spiro atoms. The van der Waals surface area contributed by atoms with Gasteiger partial charge in [-0.15, -0.1) is 0 Å². The summed E-state index contributed by atoms with van der Waals surface area (Å²) >= 11 is 3.36. The molecule has 0 radical (unpaired) electrons. The molecule has 0 bridgehead atoms. The molecule has 4 nitrogen and oxygen atoms in total. The van der Waals surface area contributed by atoms with Crippen LogP contribution >= 0.6 is 15.9 Å². The quantitative estimate of drug-likeness (QED) is 0.923. The summed E-state index contributed by atoms with van der Waals surface area (Å²) in [6.45, 7) is 3.87. The Morgan fingerprint density at radius 2 is 2.06 bits per heavy atom. The van der Waals surface area contributed by atoms with Crippen LogP contribution in [-0.2, 0) is 9.59 Å². The molecule has 0 atom stereocenters. The van der Waals surface area contributed by atoms with E-state index >= 15 is 0 Å². The zero-order chi connectivity index (χ0) is 12.8. The van der Waals surface area contributed by atoms with Crippen LogP contribution in [0, 0.1) is 0 Å². The Morgan fingerprint density at radius 1 is 1.35 bits per heavy atom. The average Bonchev–Trinajstić information content (AvgIpc) is 2.23. The molecule has 1 N–H and O–H groups in total. The molecule has 0 fully saturated rings. The Kier molecular flexibility index (Phi) is 5.15. The van der Waals surface area contributed by atoms with E-state index in [1.807, 2.05) is 24.3 Å². The Morgan fingerprint density at radius 3 is 2.59 bits per heavy atom. The molecule has 17 heavy (non-hydrogen) atoms. The van der Waals surface area contributed by atoms with Crippen molar-refractivity contribution < 1.29 is 9.59 Å². The molecule has 0 aliphatic carbocycles. The van der Waals surface area contributed by atoms with E-state index in [-0.39, 0.29) is 11.8 Å². The number of halogens is 1. The first-order valence-electron chi connectivity index (χ1n) is 5.29. The first-order chi connectivity index (χ1) is 8.00. The van der Waals surface area contributed by atoms with E-state index in [4.69, 9.17) is 0 Å². The van der Waals surface area contributed by atoms with Crippen molar-refractivity contribution in [2.24, 2.45) is 0 Å². The van der Waals surface area contributed by atoms with Crippen molar-refractivity contribution >= 4 is 33.4 Å². The molecule has 0 aliphatic rings. The predicted molar refractivity (Wildman–Crippen MR) is 70.9 cm³/mol. The maximum atomic E-state index is 11.5. The number of hydrogen-bond donors (Lipinski definition) is 1. The number of anilines is 1. The van der Waals surface area contributed by atoms with Gasteiger partial charge >= 0.3 is 0 Å². The Balaban J connectivity index is 2.72. The maximum Gasteiger partial charge on any atom is 0.223 e. The minimum absolute atomic E-state index is 0.0477. The fourth-order valence-corrected chi connectivity index (χ4v) is 1.84. The van der Waals surface area contributed by atoms with Gasteiger partial charge in [-0.1, -0.05) is 22.0 Å². The first kappa shape index (κ1) is 13.7. The lowest BCUT2D eigenvalue weighted by Gasteiger charge is -2.21. The second-order valence-electron chi connectivity index (χ2n) is 3.63. The summed E-state index contributed by atoms with van der Waals surface area (Å²) in [7, 11) is 0.